The van der Waals surface area contributed by atoms with Gasteiger partial charge in [-0.1, -0.05) is 35.9 Å². The van der Waals surface area contributed by atoms with E-state index in [4.69, 9.17) is 16.3 Å². The van der Waals surface area contributed by atoms with Crippen LogP contribution in [0.4, 0.5) is 0 Å². The standard InChI is InChI=1S/C29H30ClN3O5/c1-33(17-26(35)20-6-10-25(34)27(14-20)38-2)12-11-18-5-9-24-22(13-18)28(36)23(16-31-24)29(37)32-15-19-3-7-21(30)8-4-19/h3-10,13-14,16,26,34-35H,11-12,15,17H2,1-2H3,(H,31,36)(H,32,37). The Bertz CT molecular complexity index is 1490. The van der Waals surface area contributed by atoms with Gasteiger partial charge in [-0.2, -0.15) is 0 Å². The van der Waals surface area contributed by atoms with Gasteiger partial charge in [0.05, 0.1) is 13.2 Å². The monoisotopic (exact) mass is 535 g/mol. The Morgan fingerprint density at radius 2 is 1.84 bits per heavy atom. The molecule has 0 aliphatic carbocycles. The third kappa shape index (κ3) is 6.52. The number of hydrogen-bond donors (Lipinski definition) is 4. The molecule has 198 valence electrons. The van der Waals surface area contributed by atoms with Crippen molar-refractivity contribution in [2.45, 2.75) is 19.1 Å². The lowest BCUT2D eigenvalue weighted by atomic mass is 10.1. The van der Waals surface area contributed by atoms with Gasteiger partial charge in [-0.05, 0) is 66.6 Å². The number of pyridine rings is 1. The van der Waals surface area contributed by atoms with Gasteiger partial charge < -0.3 is 30.2 Å². The zero-order chi connectivity index (χ0) is 27.2. The van der Waals surface area contributed by atoms with Gasteiger partial charge in [0.2, 0.25) is 5.43 Å². The van der Waals surface area contributed by atoms with Crippen molar-refractivity contribution < 1.29 is 19.7 Å². The number of aromatic hydroxyl groups is 1. The Kier molecular flexibility index (Phi) is 8.68. The molecule has 1 amide bonds. The predicted molar refractivity (Wildman–Crippen MR) is 148 cm³/mol. The number of benzene rings is 3. The molecule has 9 heteroatoms. The van der Waals surface area contributed by atoms with Crippen LogP contribution in [0.2, 0.25) is 5.02 Å². The summed E-state index contributed by atoms with van der Waals surface area (Å²) in [7, 11) is 3.36. The van der Waals surface area contributed by atoms with Crippen molar-refractivity contribution >= 4 is 28.4 Å². The number of carbonyl (C=O) groups excluding carboxylic acids is 1. The first-order chi connectivity index (χ1) is 18.2. The molecule has 3 aromatic carbocycles. The number of nitrogens with zero attached hydrogens (tertiary/aromatic N) is 1. The minimum atomic E-state index is -0.761. The number of hydrogen-bond acceptors (Lipinski definition) is 6. The molecule has 0 radical (unpaired) electrons. The number of ether oxygens (including phenoxy) is 1. The van der Waals surface area contributed by atoms with Crippen LogP contribution in [-0.2, 0) is 13.0 Å². The molecule has 1 atom stereocenters. The molecule has 8 nitrogen and oxygen atoms in total. The Labute approximate surface area is 225 Å². The lowest BCUT2D eigenvalue weighted by Crippen LogP contribution is -2.28. The molecule has 0 aliphatic heterocycles. The molecule has 0 saturated carbocycles. The fraction of sp³-hybridized carbons (Fsp3) is 0.241. The molecule has 0 spiro atoms. The van der Waals surface area contributed by atoms with Crippen LogP contribution < -0.4 is 15.5 Å². The largest absolute Gasteiger partial charge is 0.504 e. The summed E-state index contributed by atoms with van der Waals surface area (Å²) in [5, 5.41) is 24.2. The van der Waals surface area contributed by atoms with Crippen molar-refractivity contribution in [3.05, 3.63) is 104 Å². The quantitative estimate of drug-likeness (QED) is 0.244. The number of phenols is 1. The van der Waals surface area contributed by atoms with E-state index >= 15 is 0 Å². The maximum absolute atomic E-state index is 13.1. The average Bonchev–Trinajstić information content (AvgIpc) is 2.92. The Balaban J connectivity index is 1.40. The molecule has 1 heterocycles. The van der Waals surface area contributed by atoms with Crippen LogP contribution in [0.25, 0.3) is 10.9 Å². The zero-order valence-electron chi connectivity index (χ0n) is 21.2. The normalized spacial score (nSPS) is 12.0. The number of methoxy groups -OCH3 is 1. The number of nitrogens with one attached hydrogen (secondary N) is 2. The van der Waals surface area contributed by atoms with Crippen molar-refractivity contribution in [1.82, 2.24) is 15.2 Å². The van der Waals surface area contributed by atoms with E-state index in [1.54, 1.807) is 30.3 Å². The number of likely N-dealkylation sites (N-methyl/N-ethyl adjacent to an activating group) is 1. The van der Waals surface area contributed by atoms with Gasteiger partial charge in [-0.25, -0.2) is 0 Å². The van der Waals surface area contributed by atoms with E-state index < -0.39 is 12.0 Å². The minimum Gasteiger partial charge on any atom is -0.504 e. The van der Waals surface area contributed by atoms with Crippen LogP contribution in [0, 0.1) is 0 Å². The first-order valence-corrected chi connectivity index (χ1v) is 12.5. The molecule has 4 N–H and O–H groups in total. The summed E-state index contributed by atoms with van der Waals surface area (Å²) < 4.78 is 5.12. The van der Waals surface area contributed by atoms with E-state index in [0.717, 1.165) is 11.1 Å². The summed E-state index contributed by atoms with van der Waals surface area (Å²) in [5.74, 6) is -0.123. The van der Waals surface area contributed by atoms with Gasteiger partial charge in [-0.15, -0.1) is 0 Å². The molecule has 38 heavy (non-hydrogen) atoms. The molecule has 1 unspecified atom stereocenters. The average molecular weight is 536 g/mol. The number of aliphatic hydroxyl groups excluding tert-OH is 1. The molecule has 0 saturated heterocycles. The van der Waals surface area contributed by atoms with Crippen molar-refractivity contribution in [1.29, 1.82) is 0 Å². The fourth-order valence-corrected chi connectivity index (χ4v) is 4.31. The van der Waals surface area contributed by atoms with Crippen LogP contribution in [0.3, 0.4) is 0 Å². The Morgan fingerprint density at radius 3 is 2.58 bits per heavy atom. The number of phenolic OH excluding ortho intramolecular Hbond substituents is 1. The van der Waals surface area contributed by atoms with E-state index in [-0.39, 0.29) is 23.3 Å². The molecule has 4 rings (SSSR count). The van der Waals surface area contributed by atoms with Gasteiger partial charge in [0.1, 0.15) is 5.56 Å². The van der Waals surface area contributed by atoms with Crippen molar-refractivity contribution in [2.75, 3.05) is 27.2 Å². The maximum Gasteiger partial charge on any atom is 0.257 e. The van der Waals surface area contributed by atoms with Gasteiger partial charge >= 0.3 is 0 Å². The van der Waals surface area contributed by atoms with E-state index in [9.17, 15) is 19.8 Å². The highest BCUT2D eigenvalue weighted by atomic mass is 35.5. The lowest BCUT2D eigenvalue weighted by molar-refractivity contribution is 0.0949. The number of carbonyl (C=O) groups is 1. The summed E-state index contributed by atoms with van der Waals surface area (Å²) in [6.07, 6.45) is 1.32. The smallest absolute Gasteiger partial charge is 0.257 e. The Morgan fingerprint density at radius 1 is 1.11 bits per heavy atom. The fourth-order valence-electron chi connectivity index (χ4n) is 4.18. The minimum absolute atomic E-state index is 0.0188. The maximum atomic E-state index is 13.1. The molecule has 0 bridgehead atoms. The second-order valence-corrected chi connectivity index (χ2v) is 9.62. The summed E-state index contributed by atoms with van der Waals surface area (Å²) in [6.45, 7) is 1.29. The number of halogens is 1. The molecular formula is C29H30ClN3O5. The first-order valence-electron chi connectivity index (χ1n) is 12.2. The molecule has 4 aromatic rings. The van der Waals surface area contributed by atoms with E-state index in [1.165, 1.54) is 19.4 Å². The van der Waals surface area contributed by atoms with Crippen LogP contribution in [-0.4, -0.2) is 53.3 Å². The van der Waals surface area contributed by atoms with Crippen molar-refractivity contribution in [3.8, 4) is 11.5 Å². The van der Waals surface area contributed by atoms with E-state index in [0.29, 0.717) is 46.7 Å². The number of amides is 1. The van der Waals surface area contributed by atoms with Crippen LogP contribution in [0.15, 0.2) is 71.7 Å². The topological polar surface area (TPSA) is 115 Å². The SMILES string of the molecule is COc1cc(C(O)CN(C)CCc2ccc3[nH]cc(C(=O)NCc4ccc(Cl)cc4)c(=O)c3c2)ccc1O. The number of rotatable bonds is 10. The number of aliphatic hydroxyl groups is 1. The van der Waals surface area contributed by atoms with Gasteiger partial charge in [0, 0.05) is 41.8 Å². The van der Waals surface area contributed by atoms with E-state index in [2.05, 4.69) is 10.3 Å². The van der Waals surface area contributed by atoms with Crippen molar-refractivity contribution in [3.63, 3.8) is 0 Å². The van der Waals surface area contributed by atoms with Crippen LogP contribution >= 0.6 is 11.6 Å². The molecule has 0 aliphatic rings. The number of aromatic amines is 1. The zero-order valence-corrected chi connectivity index (χ0v) is 22.0. The highest BCUT2D eigenvalue weighted by Crippen LogP contribution is 2.29. The highest BCUT2D eigenvalue weighted by molar-refractivity contribution is 6.30. The highest BCUT2D eigenvalue weighted by Gasteiger charge is 2.15. The third-order valence-electron chi connectivity index (χ3n) is 6.41. The predicted octanol–water partition coefficient (Wildman–Crippen LogP) is 4.03. The lowest BCUT2D eigenvalue weighted by Gasteiger charge is -2.21. The second kappa shape index (κ2) is 12.1. The summed E-state index contributed by atoms with van der Waals surface area (Å²) in [6, 6.07) is 17.5. The van der Waals surface area contributed by atoms with Gasteiger partial charge in [0.25, 0.3) is 5.91 Å². The van der Waals surface area contributed by atoms with Gasteiger partial charge in [0.15, 0.2) is 11.5 Å². The summed E-state index contributed by atoms with van der Waals surface area (Å²) in [4.78, 5) is 30.9. The Hall–Kier alpha value is -3.85. The first kappa shape index (κ1) is 27.2. The molecular weight excluding hydrogens is 506 g/mol. The van der Waals surface area contributed by atoms with Crippen LogP contribution in [0.5, 0.6) is 11.5 Å². The molecule has 0 fully saturated rings. The van der Waals surface area contributed by atoms with E-state index in [1.807, 2.05) is 36.2 Å². The van der Waals surface area contributed by atoms with Gasteiger partial charge in [-0.3, -0.25) is 9.59 Å². The molecule has 1 aromatic heterocycles. The number of H-pyrrole nitrogens is 1. The third-order valence-corrected chi connectivity index (χ3v) is 6.66. The van der Waals surface area contributed by atoms with Crippen LogP contribution in [0.1, 0.15) is 33.2 Å². The number of fused-ring (bicyclic) bond motifs is 1. The number of aromatic nitrogens is 1. The van der Waals surface area contributed by atoms with Crippen molar-refractivity contribution in [2.24, 2.45) is 0 Å². The summed E-state index contributed by atoms with van der Waals surface area (Å²) in [5.41, 5.74) is 2.83. The summed E-state index contributed by atoms with van der Waals surface area (Å²) >= 11 is 5.90. The second-order valence-electron chi connectivity index (χ2n) is 9.18.